The molecule has 0 aliphatic rings. The van der Waals surface area contributed by atoms with Gasteiger partial charge in [0.25, 0.3) is 0 Å². The van der Waals surface area contributed by atoms with E-state index in [4.69, 9.17) is 4.74 Å². The first-order chi connectivity index (χ1) is 43.5. The summed E-state index contributed by atoms with van der Waals surface area (Å²) in [5.41, 5.74) is 0. The van der Waals surface area contributed by atoms with Crippen LogP contribution in [0.15, 0.2) is 36.5 Å². The summed E-state index contributed by atoms with van der Waals surface area (Å²) in [4.78, 5) is 24.6. The van der Waals surface area contributed by atoms with Crippen molar-refractivity contribution < 1.29 is 24.5 Å². The third-order valence-corrected chi connectivity index (χ3v) is 18.9. The first-order valence-corrected chi connectivity index (χ1v) is 40.3. The van der Waals surface area contributed by atoms with E-state index in [0.717, 1.165) is 51.4 Å². The van der Waals surface area contributed by atoms with E-state index in [0.29, 0.717) is 19.4 Å². The Kier molecular flexibility index (Phi) is 75.8. The Morgan fingerprint density at radius 2 is 0.568 bits per heavy atom. The van der Waals surface area contributed by atoms with E-state index < -0.39 is 12.1 Å². The van der Waals surface area contributed by atoms with Gasteiger partial charge in [-0.3, -0.25) is 9.59 Å². The maximum absolute atomic E-state index is 12.5. The third-order valence-electron chi connectivity index (χ3n) is 18.9. The summed E-state index contributed by atoms with van der Waals surface area (Å²) in [6.07, 6.45) is 101. The minimum Gasteiger partial charge on any atom is -0.466 e. The highest BCUT2D eigenvalue weighted by Gasteiger charge is 2.18. The summed E-state index contributed by atoms with van der Waals surface area (Å²) in [5.74, 6) is -0.0491. The van der Waals surface area contributed by atoms with Crippen molar-refractivity contribution in [3.63, 3.8) is 0 Å². The molecule has 0 aliphatic carbocycles. The smallest absolute Gasteiger partial charge is 0.305 e. The Balaban J connectivity index is 3.34. The second kappa shape index (κ2) is 77.5. The molecule has 0 aromatic carbocycles. The van der Waals surface area contributed by atoms with Gasteiger partial charge in [0, 0.05) is 12.8 Å². The normalized spacial score (nSPS) is 12.6. The van der Waals surface area contributed by atoms with Gasteiger partial charge in [0.15, 0.2) is 0 Å². The molecule has 0 saturated heterocycles. The van der Waals surface area contributed by atoms with Gasteiger partial charge in [-0.1, -0.05) is 410 Å². The molecule has 2 atom stereocenters. The number of hydrogen-bond acceptors (Lipinski definition) is 5. The summed E-state index contributed by atoms with van der Waals surface area (Å²) in [6, 6.07) is -0.625. The van der Waals surface area contributed by atoms with Crippen molar-refractivity contribution in [2.75, 3.05) is 13.2 Å². The molecule has 88 heavy (non-hydrogen) atoms. The summed E-state index contributed by atoms with van der Waals surface area (Å²) in [7, 11) is 0. The Labute approximate surface area is 551 Å². The van der Waals surface area contributed by atoms with Crippen LogP contribution in [0.5, 0.6) is 0 Å². The largest absolute Gasteiger partial charge is 0.466 e. The molecule has 0 spiro atoms. The van der Waals surface area contributed by atoms with Crippen LogP contribution in [0.1, 0.15) is 450 Å². The van der Waals surface area contributed by atoms with Gasteiger partial charge in [-0.2, -0.15) is 0 Å². The molecule has 0 aromatic heterocycles. The van der Waals surface area contributed by atoms with E-state index in [-0.39, 0.29) is 18.5 Å². The van der Waals surface area contributed by atoms with Crippen LogP contribution in [-0.4, -0.2) is 47.4 Å². The molecule has 0 bridgehead atoms. The fourth-order valence-corrected chi connectivity index (χ4v) is 12.8. The van der Waals surface area contributed by atoms with E-state index in [1.807, 2.05) is 6.08 Å². The lowest BCUT2D eigenvalue weighted by Crippen LogP contribution is -2.45. The lowest BCUT2D eigenvalue weighted by Gasteiger charge is -2.20. The molecular formula is C82H157NO5. The Hall–Kier alpha value is -1.92. The molecule has 6 nitrogen and oxygen atoms in total. The zero-order chi connectivity index (χ0) is 63.5. The minimum absolute atomic E-state index is 0.00896. The average Bonchev–Trinajstić information content (AvgIpc) is 3.58. The van der Waals surface area contributed by atoms with Gasteiger partial charge in [-0.05, 0) is 64.2 Å². The Morgan fingerprint density at radius 1 is 0.318 bits per heavy atom. The van der Waals surface area contributed by atoms with Crippen LogP contribution in [0, 0.1) is 0 Å². The number of amides is 1. The lowest BCUT2D eigenvalue weighted by molar-refractivity contribution is -0.143. The van der Waals surface area contributed by atoms with Crippen LogP contribution in [-0.2, 0) is 14.3 Å². The lowest BCUT2D eigenvalue weighted by atomic mass is 10.0. The summed E-state index contributed by atoms with van der Waals surface area (Å²) in [5, 5.41) is 23.3. The second-order valence-electron chi connectivity index (χ2n) is 27.8. The molecule has 6 heteroatoms. The van der Waals surface area contributed by atoms with Crippen molar-refractivity contribution in [2.24, 2.45) is 0 Å². The number of carbonyl (C=O) groups excluding carboxylic acids is 2. The Bertz CT molecular complexity index is 1430. The first kappa shape index (κ1) is 86.1. The van der Waals surface area contributed by atoms with Gasteiger partial charge in [0.2, 0.25) is 5.91 Å². The van der Waals surface area contributed by atoms with Crippen molar-refractivity contribution in [1.29, 1.82) is 0 Å². The predicted molar refractivity (Wildman–Crippen MR) is 389 cm³/mol. The molecule has 0 fully saturated rings. The van der Waals surface area contributed by atoms with Crippen molar-refractivity contribution in [2.45, 2.75) is 463 Å². The topological polar surface area (TPSA) is 95.9 Å². The fraction of sp³-hybridized carbons (Fsp3) is 0.902. The van der Waals surface area contributed by atoms with Crippen molar-refractivity contribution >= 4 is 11.9 Å². The van der Waals surface area contributed by atoms with Gasteiger partial charge in [-0.15, -0.1) is 0 Å². The molecule has 0 heterocycles. The molecule has 1 amide bonds. The highest BCUT2D eigenvalue weighted by Crippen LogP contribution is 2.20. The molecule has 0 radical (unpaired) electrons. The van der Waals surface area contributed by atoms with E-state index in [1.165, 1.54) is 372 Å². The SMILES string of the molecule is CCCCC/C=C\C/C=C\CCCCCCCC(=O)OCCCCCCCCCCCCCCCCCCCCCCCCCCCCCCCCCCCCCC(=O)NC(CO)C(O)/C=C/CCCCCCCCCCCCCCCCCCCCC. The van der Waals surface area contributed by atoms with Crippen LogP contribution in [0.2, 0.25) is 0 Å². The fourth-order valence-electron chi connectivity index (χ4n) is 12.8. The number of allylic oxidation sites excluding steroid dienone is 5. The maximum Gasteiger partial charge on any atom is 0.305 e. The monoisotopic (exact) mass is 1240 g/mol. The highest BCUT2D eigenvalue weighted by molar-refractivity contribution is 5.76. The standard InChI is InChI=1S/C82H157NO5/c1-3-5-7-9-11-13-15-17-19-20-21-37-40-43-47-50-54-58-62-66-70-74-80(85)79(78-84)83-81(86)75-71-67-63-59-55-51-48-44-41-38-35-33-31-29-27-25-23-22-24-26-28-30-32-34-36-39-42-45-49-53-57-61-65-69-73-77-88-82(87)76-72-68-64-60-56-52-46-18-16-14-12-10-8-6-4-2/h12,14,18,46,70,74,79-80,84-85H,3-11,13,15-17,19-45,47-69,71-73,75-78H2,1-2H3,(H,83,86)/b14-12-,46-18-,74-70+. The van der Waals surface area contributed by atoms with Gasteiger partial charge >= 0.3 is 5.97 Å². The highest BCUT2D eigenvalue weighted by atomic mass is 16.5. The van der Waals surface area contributed by atoms with E-state index in [9.17, 15) is 19.8 Å². The van der Waals surface area contributed by atoms with Crippen LogP contribution < -0.4 is 5.32 Å². The van der Waals surface area contributed by atoms with Crippen LogP contribution in [0.4, 0.5) is 0 Å². The summed E-state index contributed by atoms with van der Waals surface area (Å²) in [6.45, 7) is 4.92. The number of rotatable bonds is 76. The van der Waals surface area contributed by atoms with E-state index in [2.05, 4.69) is 43.5 Å². The molecular weight excluding hydrogens is 1080 g/mol. The number of aliphatic hydroxyl groups is 2. The number of ether oxygens (including phenoxy) is 1. The molecule has 520 valence electrons. The number of carbonyl (C=O) groups is 2. The number of nitrogens with one attached hydrogen (secondary N) is 1. The maximum atomic E-state index is 12.5. The minimum atomic E-state index is -0.842. The van der Waals surface area contributed by atoms with Crippen molar-refractivity contribution in [3.05, 3.63) is 36.5 Å². The summed E-state index contributed by atoms with van der Waals surface area (Å²) < 4.78 is 5.50. The van der Waals surface area contributed by atoms with Crippen LogP contribution >= 0.6 is 0 Å². The number of aliphatic hydroxyl groups excluding tert-OH is 2. The molecule has 0 aliphatic heterocycles. The number of hydrogen-bond donors (Lipinski definition) is 3. The van der Waals surface area contributed by atoms with Gasteiger partial charge in [-0.25, -0.2) is 0 Å². The zero-order valence-electron chi connectivity index (χ0n) is 59.7. The molecule has 0 rings (SSSR count). The molecule has 2 unspecified atom stereocenters. The summed E-state index contributed by atoms with van der Waals surface area (Å²) >= 11 is 0. The van der Waals surface area contributed by atoms with E-state index >= 15 is 0 Å². The van der Waals surface area contributed by atoms with Crippen molar-refractivity contribution in [3.8, 4) is 0 Å². The van der Waals surface area contributed by atoms with Gasteiger partial charge in [0.05, 0.1) is 25.4 Å². The van der Waals surface area contributed by atoms with Gasteiger partial charge in [0.1, 0.15) is 0 Å². The zero-order valence-corrected chi connectivity index (χ0v) is 59.7. The second-order valence-corrected chi connectivity index (χ2v) is 27.8. The predicted octanol–water partition coefficient (Wildman–Crippen LogP) is 26.6. The van der Waals surface area contributed by atoms with Gasteiger partial charge < -0.3 is 20.3 Å². The van der Waals surface area contributed by atoms with E-state index in [1.54, 1.807) is 6.08 Å². The molecule has 0 saturated carbocycles. The number of unbranched alkanes of at least 4 members (excludes halogenated alkanes) is 61. The number of esters is 1. The van der Waals surface area contributed by atoms with Crippen LogP contribution in [0.25, 0.3) is 0 Å². The third kappa shape index (κ3) is 73.1. The molecule has 0 aromatic rings. The quantitative estimate of drug-likeness (QED) is 0.0320. The van der Waals surface area contributed by atoms with Crippen LogP contribution in [0.3, 0.4) is 0 Å². The average molecular weight is 1240 g/mol. The Morgan fingerprint density at radius 3 is 0.886 bits per heavy atom. The first-order valence-electron chi connectivity index (χ1n) is 40.3. The van der Waals surface area contributed by atoms with Crippen molar-refractivity contribution in [1.82, 2.24) is 5.32 Å². The molecule has 3 N–H and O–H groups in total.